The van der Waals surface area contributed by atoms with Crippen LogP contribution in [0.5, 0.6) is 0 Å². The van der Waals surface area contributed by atoms with Crippen molar-refractivity contribution in [2.24, 2.45) is 0 Å². The van der Waals surface area contributed by atoms with Crippen LogP contribution < -0.4 is 5.32 Å². The van der Waals surface area contributed by atoms with Gasteiger partial charge in [0.25, 0.3) is 0 Å². The normalized spacial score (nSPS) is 23.0. The molecule has 0 aliphatic heterocycles. The predicted molar refractivity (Wildman–Crippen MR) is 83.5 cm³/mol. The molecule has 1 aromatic heterocycles. The third-order valence-electron chi connectivity index (χ3n) is 4.03. The lowest BCUT2D eigenvalue weighted by Crippen LogP contribution is -2.33. The summed E-state index contributed by atoms with van der Waals surface area (Å²) in [6, 6.07) is 9.41. The minimum absolute atomic E-state index is 0.683. The van der Waals surface area contributed by atoms with E-state index in [1.54, 1.807) is 0 Å². The fourth-order valence-corrected chi connectivity index (χ4v) is 3.90. The minimum Gasteiger partial charge on any atom is -0.309 e. The highest BCUT2D eigenvalue weighted by Crippen LogP contribution is 2.28. The molecule has 3 heteroatoms. The number of nitrogens with one attached hydrogen (secondary N) is 1. The Balaban J connectivity index is 1.68. The van der Waals surface area contributed by atoms with Crippen LogP contribution in [0.25, 0.3) is 10.8 Å². The maximum Gasteiger partial charge on any atom is 0.0346 e. The SMILES string of the molecule is CSC1CCCC1NCc1ccc2cnccc2c1. The molecule has 2 aromatic rings. The van der Waals surface area contributed by atoms with E-state index in [9.17, 15) is 0 Å². The Bertz CT molecular complexity index is 555. The van der Waals surface area contributed by atoms with Gasteiger partial charge in [-0.2, -0.15) is 11.8 Å². The molecule has 0 spiro atoms. The lowest BCUT2D eigenvalue weighted by Gasteiger charge is -2.19. The highest BCUT2D eigenvalue weighted by Gasteiger charge is 2.25. The molecule has 0 radical (unpaired) electrons. The molecule has 1 saturated carbocycles. The van der Waals surface area contributed by atoms with Crippen LogP contribution in [-0.2, 0) is 6.54 Å². The topological polar surface area (TPSA) is 24.9 Å². The molecule has 2 nitrogen and oxygen atoms in total. The van der Waals surface area contributed by atoms with Crippen LogP contribution in [0, 0.1) is 0 Å². The van der Waals surface area contributed by atoms with E-state index < -0.39 is 0 Å². The van der Waals surface area contributed by atoms with Crippen molar-refractivity contribution >= 4 is 22.5 Å². The summed E-state index contributed by atoms with van der Waals surface area (Å²) in [6.45, 7) is 0.972. The van der Waals surface area contributed by atoms with E-state index in [-0.39, 0.29) is 0 Å². The van der Waals surface area contributed by atoms with Crippen molar-refractivity contribution < 1.29 is 0 Å². The average molecular weight is 272 g/mol. The van der Waals surface area contributed by atoms with E-state index in [1.807, 2.05) is 24.2 Å². The molecule has 1 fully saturated rings. The van der Waals surface area contributed by atoms with Crippen LogP contribution in [-0.4, -0.2) is 22.5 Å². The van der Waals surface area contributed by atoms with Crippen molar-refractivity contribution in [3.8, 4) is 0 Å². The average Bonchev–Trinajstić information content (AvgIpc) is 2.92. The fraction of sp³-hybridized carbons (Fsp3) is 0.438. The first-order valence-corrected chi connectivity index (χ1v) is 8.24. The maximum absolute atomic E-state index is 4.15. The zero-order valence-electron chi connectivity index (χ0n) is 11.3. The molecule has 1 heterocycles. The third kappa shape index (κ3) is 2.93. The zero-order valence-corrected chi connectivity index (χ0v) is 12.1. The Morgan fingerprint density at radius 3 is 3.11 bits per heavy atom. The summed E-state index contributed by atoms with van der Waals surface area (Å²) in [4.78, 5) is 4.15. The van der Waals surface area contributed by atoms with E-state index in [1.165, 1.54) is 35.6 Å². The Kier molecular flexibility index (Phi) is 4.04. The number of aromatic nitrogens is 1. The largest absolute Gasteiger partial charge is 0.309 e. The molecule has 0 saturated heterocycles. The molecular weight excluding hydrogens is 252 g/mol. The summed E-state index contributed by atoms with van der Waals surface area (Å²) in [6.07, 6.45) is 10.1. The first kappa shape index (κ1) is 12.9. The Morgan fingerprint density at radius 2 is 2.21 bits per heavy atom. The second kappa shape index (κ2) is 5.93. The Hall–Kier alpha value is -1.06. The minimum atomic E-state index is 0.683. The summed E-state index contributed by atoms with van der Waals surface area (Å²) >= 11 is 2.01. The van der Waals surface area contributed by atoms with E-state index >= 15 is 0 Å². The Labute approximate surface area is 119 Å². The van der Waals surface area contributed by atoms with Gasteiger partial charge in [-0.3, -0.25) is 4.98 Å². The van der Waals surface area contributed by atoms with Gasteiger partial charge in [-0.05, 0) is 42.2 Å². The van der Waals surface area contributed by atoms with Crippen LogP contribution in [0.3, 0.4) is 0 Å². The van der Waals surface area contributed by atoms with Gasteiger partial charge in [-0.25, -0.2) is 0 Å². The first-order valence-electron chi connectivity index (χ1n) is 6.95. The highest BCUT2D eigenvalue weighted by molar-refractivity contribution is 7.99. The molecule has 1 aliphatic rings. The van der Waals surface area contributed by atoms with E-state index in [4.69, 9.17) is 0 Å². The number of fused-ring (bicyclic) bond motifs is 1. The lowest BCUT2D eigenvalue weighted by molar-refractivity contribution is 0.532. The van der Waals surface area contributed by atoms with Crippen LogP contribution in [0.1, 0.15) is 24.8 Å². The van der Waals surface area contributed by atoms with Crippen LogP contribution >= 0.6 is 11.8 Å². The zero-order chi connectivity index (χ0) is 13.1. The number of rotatable bonds is 4. The number of pyridine rings is 1. The molecule has 1 aliphatic carbocycles. The van der Waals surface area contributed by atoms with Crippen LogP contribution in [0.15, 0.2) is 36.7 Å². The molecule has 3 rings (SSSR count). The van der Waals surface area contributed by atoms with E-state index in [0.29, 0.717) is 6.04 Å². The van der Waals surface area contributed by atoms with Crippen molar-refractivity contribution in [3.63, 3.8) is 0 Å². The van der Waals surface area contributed by atoms with Gasteiger partial charge in [-0.15, -0.1) is 0 Å². The standard InChI is InChI=1S/C16H20N2S/c1-19-16-4-2-3-15(16)18-10-12-5-6-14-11-17-8-7-13(14)9-12/h5-9,11,15-16,18H,2-4,10H2,1H3. The van der Waals surface area contributed by atoms with Crippen LogP contribution in [0.2, 0.25) is 0 Å². The number of hydrogen-bond acceptors (Lipinski definition) is 3. The lowest BCUT2D eigenvalue weighted by atomic mass is 10.1. The second-order valence-corrected chi connectivity index (χ2v) is 6.33. The quantitative estimate of drug-likeness (QED) is 0.920. The maximum atomic E-state index is 4.15. The van der Waals surface area contributed by atoms with Crippen LogP contribution in [0.4, 0.5) is 0 Å². The Morgan fingerprint density at radius 1 is 1.26 bits per heavy atom. The monoisotopic (exact) mass is 272 g/mol. The fourth-order valence-electron chi connectivity index (χ4n) is 2.93. The smallest absolute Gasteiger partial charge is 0.0346 e. The number of thioether (sulfide) groups is 1. The molecule has 19 heavy (non-hydrogen) atoms. The predicted octanol–water partition coefficient (Wildman–Crippen LogP) is 3.61. The van der Waals surface area contributed by atoms with Crippen molar-refractivity contribution in [1.29, 1.82) is 0 Å². The first-order chi connectivity index (χ1) is 9.36. The van der Waals surface area contributed by atoms with Crippen molar-refractivity contribution in [2.45, 2.75) is 37.1 Å². The molecule has 1 N–H and O–H groups in total. The second-order valence-electron chi connectivity index (χ2n) is 5.25. The van der Waals surface area contributed by atoms with Crippen molar-refractivity contribution in [1.82, 2.24) is 10.3 Å². The molecular formula is C16H20N2S. The van der Waals surface area contributed by atoms with E-state index in [2.05, 4.69) is 40.8 Å². The molecule has 0 bridgehead atoms. The highest BCUT2D eigenvalue weighted by atomic mass is 32.2. The summed E-state index contributed by atoms with van der Waals surface area (Å²) < 4.78 is 0. The van der Waals surface area contributed by atoms with Crippen molar-refractivity contribution in [2.75, 3.05) is 6.26 Å². The molecule has 2 unspecified atom stereocenters. The summed E-state index contributed by atoms with van der Waals surface area (Å²) in [5.41, 5.74) is 1.37. The van der Waals surface area contributed by atoms with Gasteiger partial charge in [0.05, 0.1) is 0 Å². The number of benzene rings is 1. The van der Waals surface area contributed by atoms with Gasteiger partial charge in [-0.1, -0.05) is 18.6 Å². The molecule has 0 amide bonds. The van der Waals surface area contributed by atoms with Gasteiger partial charge in [0.2, 0.25) is 0 Å². The number of hydrogen-bond donors (Lipinski definition) is 1. The summed E-state index contributed by atoms with van der Waals surface area (Å²) in [5, 5.41) is 7.02. The van der Waals surface area contributed by atoms with Gasteiger partial charge < -0.3 is 5.32 Å². The van der Waals surface area contributed by atoms with Gasteiger partial charge in [0.1, 0.15) is 0 Å². The van der Waals surface area contributed by atoms with Crippen molar-refractivity contribution in [3.05, 3.63) is 42.2 Å². The molecule has 2 atom stereocenters. The number of nitrogens with zero attached hydrogens (tertiary/aromatic N) is 1. The van der Waals surface area contributed by atoms with Gasteiger partial charge in [0, 0.05) is 35.6 Å². The van der Waals surface area contributed by atoms with E-state index in [0.717, 1.165) is 11.8 Å². The molecule has 1 aromatic carbocycles. The van der Waals surface area contributed by atoms with Gasteiger partial charge >= 0.3 is 0 Å². The summed E-state index contributed by atoms with van der Waals surface area (Å²) in [7, 11) is 0. The molecule has 100 valence electrons. The van der Waals surface area contributed by atoms with Gasteiger partial charge in [0.15, 0.2) is 0 Å². The third-order valence-corrected chi connectivity index (χ3v) is 5.20. The summed E-state index contributed by atoms with van der Waals surface area (Å²) in [5.74, 6) is 0.